The minimum absolute atomic E-state index is 0.142. The number of alkyl carbamates (subject to hydrolysis) is 1. The zero-order chi connectivity index (χ0) is 43.6. The third-order valence-electron chi connectivity index (χ3n) is 12.2. The molecule has 330 valence electrons. The van der Waals surface area contributed by atoms with Crippen molar-refractivity contribution in [1.29, 1.82) is 0 Å². The first-order valence-electron chi connectivity index (χ1n) is 22.0. The van der Waals surface area contributed by atoms with E-state index in [2.05, 4.69) is 51.8 Å². The van der Waals surface area contributed by atoms with Gasteiger partial charge in [-0.1, -0.05) is 24.3 Å². The largest absolute Gasteiger partial charge is 0.444 e. The zero-order valence-corrected chi connectivity index (χ0v) is 36.2. The van der Waals surface area contributed by atoms with Gasteiger partial charge in [-0.3, -0.25) is 24.3 Å². The standard InChI is InChI=1S/C46H60N10O6/c1-29-25-39(43(58)49-36-17-19-37(20-18-36)56-21-23-61-24-22-56)47-28-38(29)32-9-5-30(6-10-32)26-40(44(59)50-35-15-13-33(14-16-35)41-52-54-55-53-41)51-42(57)34-11-7-31(8-12-34)27-48-45(60)62-46(2,3)4/h5-6,9-10,13-16,25,28,31,34,36-37,40H,7-8,11-12,17-24,26-27H2,1-4H3,(H,48,60)(H,49,58)(H,50,59)(H,51,57)(H,52,53,54,55)/t31-,34-,36-,37-,40-/m0/s1. The highest BCUT2D eigenvalue weighted by Gasteiger charge is 2.31. The number of aromatic amines is 1. The number of nitrogens with one attached hydrogen (secondary N) is 5. The Balaban J connectivity index is 0.963. The zero-order valence-electron chi connectivity index (χ0n) is 36.2. The number of carbonyl (C=O) groups is 4. The van der Waals surface area contributed by atoms with Crippen molar-refractivity contribution >= 4 is 29.5 Å². The highest BCUT2D eigenvalue weighted by molar-refractivity contribution is 5.98. The summed E-state index contributed by atoms with van der Waals surface area (Å²) in [5.74, 6) is -0.167. The van der Waals surface area contributed by atoms with Gasteiger partial charge < -0.3 is 30.7 Å². The second kappa shape index (κ2) is 20.4. The van der Waals surface area contributed by atoms with Crippen LogP contribution in [-0.2, 0) is 25.5 Å². The number of hydrogen-bond acceptors (Lipinski definition) is 11. The van der Waals surface area contributed by atoms with Gasteiger partial charge in [-0.25, -0.2) is 9.89 Å². The molecule has 3 heterocycles. The van der Waals surface area contributed by atoms with Crippen LogP contribution in [0.15, 0.2) is 60.8 Å². The summed E-state index contributed by atoms with van der Waals surface area (Å²) < 4.78 is 10.9. The fourth-order valence-electron chi connectivity index (χ4n) is 8.72. The molecule has 2 aliphatic carbocycles. The average molecular weight is 849 g/mol. The molecular formula is C46H60N10O6. The lowest BCUT2D eigenvalue weighted by molar-refractivity contribution is -0.130. The molecular weight excluding hydrogens is 789 g/mol. The second-order valence-electron chi connectivity index (χ2n) is 17.9. The molecule has 3 fully saturated rings. The normalized spacial score (nSPS) is 21.3. The van der Waals surface area contributed by atoms with E-state index in [-0.39, 0.29) is 42.0 Å². The van der Waals surface area contributed by atoms with Crippen LogP contribution in [0.4, 0.5) is 10.5 Å². The van der Waals surface area contributed by atoms with Crippen LogP contribution in [0.2, 0.25) is 0 Å². The number of hydrogen-bond donors (Lipinski definition) is 5. The quantitative estimate of drug-likeness (QED) is 0.112. The van der Waals surface area contributed by atoms with Gasteiger partial charge in [0.1, 0.15) is 17.3 Å². The van der Waals surface area contributed by atoms with Crippen molar-refractivity contribution in [3.05, 3.63) is 77.6 Å². The van der Waals surface area contributed by atoms with Crippen molar-refractivity contribution < 1.29 is 28.7 Å². The van der Waals surface area contributed by atoms with E-state index in [1.165, 1.54) is 0 Å². The SMILES string of the molecule is Cc1cc(C(=O)N[C@H]2CC[C@H](N3CCOCC3)CC2)ncc1-c1ccc(C[C@H](NC(=O)[C@H]2CC[C@H](CNC(=O)OC(C)(C)C)CC2)C(=O)Nc2ccc(-c3nnn[nH]3)cc2)cc1. The summed E-state index contributed by atoms with van der Waals surface area (Å²) >= 11 is 0. The Bertz CT molecular complexity index is 2120. The molecule has 5 N–H and O–H groups in total. The molecule has 3 aliphatic rings. The maximum Gasteiger partial charge on any atom is 0.407 e. The maximum atomic E-state index is 13.9. The molecule has 0 spiro atoms. The summed E-state index contributed by atoms with van der Waals surface area (Å²) in [5, 5.41) is 26.0. The van der Waals surface area contributed by atoms with Gasteiger partial charge in [-0.15, -0.1) is 5.10 Å². The number of H-pyrrole nitrogens is 1. The van der Waals surface area contributed by atoms with Gasteiger partial charge in [0.25, 0.3) is 5.91 Å². The summed E-state index contributed by atoms with van der Waals surface area (Å²) in [4.78, 5) is 60.2. The van der Waals surface area contributed by atoms with Crippen LogP contribution < -0.4 is 21.3 Å². The van der Waals surface area contributed by atoms with Crippen molar-refractivity contribution in [2.45, 2.75) is 109 Å². The number of aromatic nitrogens is 5. The van der Waals surface area contributed by atoms with Crippen molar-refractivity contribution in [2.75, 3.05) is 38.2 Å². The molecule has 1 saturated heterocycles. The van der Waals surface area contributed by atoms with E-state index in [0.717, 1.165) is 92.6 Å². The number of rotatable bonds is 13. The molecule has 4 amide bonds. The number of ether oxygens (including phenoxy) is 2. The summed E-state index contributed by atoms with van der Waals surface area (Å²) in [7, 11) is 0. The predicted octanol–water partition coefficient (Wildman–Crippen LogP) is 5.61. The van der Waals surface area contributed by atoms with Crippen LogP contribution >= 0.6 is 0 Å². The van der Waals surface area contributed by atoms with E-state index < -0.39 is 17.7 Å². The smallest absolute Gasteiger partial charge is 0.407 e. The van der Waals surface area contributed by atoms with Gasteiger partial charge in [0.15, 0.2) is 5.82 Å². The van der Waals surface area contributed by atoms with Crippen LogP contribution in [0, 0.1) is 18.8 Å². The summed E-state index contributed by atoms with van der Waals surface area (Å²) in [6, 6.07) is 16.7. The molecule has 2 aromatic heterocycles. The summed E-state index contributed by atoms with van der Waals surface area (Å²) in [6.07, 6.45) is 8.47. The minimum Gasteiger partial charge on any atom is -0.444 e. The molecule has 62 heavy (non-hydrogen) atoms. The number of morpholine rings is 1. The number of benzene rings is 2. The van der Waals surface area contributed by atoms with Gasteiger partial charge in [-0.2, -0.15) is 0 Å². The highest BCUT2D eigenvalue weighted by Crippen LogP contribution is 2.30. The number of pyridine rings is 1. The van der Waals surface area contributed by atoms with Gasteiger partial charge in [-0.05, 0) is 142 Å². The molecule has 16 nitrogen and oxygen atoms in total. The van der Waals surface area contributed by atoms with Crippen LogP contribution in [0.3, 0.4) is 0 Å². The number of carbonyl (C=O) groups excluding carboxylic acids is 4. The lowest BCUT2D eigenvalue weighted by atomic mass is 9.81. The predicted molar refractivity (Wildman–Crippen MR) is 234 cm³/mol. The van der Waals surface area contributed by atoms with E-state index in [9.17, 15) is 19.2 Å². The van der Waals surface area contributed by atoms with Crippen LogP contribution in [0.25, 0.3) is 22.5 Å². The number of anilines is 1. The Morgan fingerprint density at radius 3 is 2.24 bits per heavy atom. The van der Waals surface area contributed by atoms with Crippen molar-refractivity contribution in [2.24, 2.45) is 11.8 Å². The van der Waals surface area contributed by atoms with E-state index in [1.807, 2.05) is 58.0 Å². The molecule has 2 saturated carbocycles. The average Bonchev–Trinajstić information content (AvgIpc) is 3.82. The van der Waals surface area contributed by atoms with E-state index in [0.29, 0.717) is 42.6 Å². The number of aryl methyl sites for hydroxylation is 1. The van der Waals surface area contributed by atoms with E-state index in [4.69, 9.17) is 9.47 Å². The first-order valence-corrected chi connectivity index (χ1v) is 22.0. The monoisotopic (exact) mass is 848 g/mol. The summed E-state index contributed by atoms with van der Waals surface area (Å²) in [5.41, 5.74) is 4.78. The molecule has 7 rings (SSSR count). The Morgan fingerprint density at radius 1 is 0.903 bits per heavy atom. The lowest BCUT2D eigenvalue weighted by Gasteiger charge is -2.38. The maximum absolute atomic E-state index is 13.9. The third-order valence-corrected chi connectivity index (χ3v) is 12.2. The molecule has 16 heteroatoms. The van der Waals surface area contributed by atoms with Crippen LogP contribution in [-0.4, -0.2) is 111 Å². The Morgan fingerprint density at radius 2 is 1.60 bits per heavy atom. The second-order valence-corrected chi connectivity index (χ2v) is 17.9. The third kappa shape index (κ3) is 12.2. The van der Waals surface area contributed by atoms with Gasteiger partial charge in [0.05, 0.1) is 13.2 Å². The van der Waals surface area contributed by atoms with Crippen molar-refractivity contribution in [3.8, 4) is 22.5 Å². The topological polar surface area (TPSA) is 205 Å². The fourth-order valence-corrected chi connectivity index (χ4v) is 8.72. The Labute approximate surface area is 363 Å². The molecule has 0 radical (unpaired) electrons. The first kappa shape index (κ1) is 44.3. The Kier molecular flexibility index (Phi) is 14.6. The van der Waals surface area contributed by atoms with Crippen molar-refractivity contribution in [3.63, 3.8) is 0 Å². The lowest BCUT2D eigenvalue weighted by Crippen LogP contribution is -2.48. The number of nitrogens with zero attached hydrogens (tertiary/aromatic N) is 5. The van der Waals surface area contributed by atoms with Crippen LogP contribution in [0.1, 0.15) is 93.8 Å². The highest BCUT2D eigenvalue weighted by atomic mass is 16.6. The van der Waals surface area contributed by atoms with Crippen molar-refractivity contribution in [1.82, 2.24) is 46.5 Å². The minimum atomic E-state index is -0.853. The van der Waals surface area contributed by atoms with Gasteiger partial charge >= 0.3 is 6.09 Å². The molecule has 0 unspecified atom stereocenters. The molecule has 1 aliphatic heterocycles. The fraction of sp³-hybridized carbons (Fsp3) is 0.522. The first-order chi connectivity index (χ1) is 29.9. The van der Waals surface area contributed by atoms with E-state index in [1.54, 1.807) is 30.5 Å². The van der Waals surface area contributed by atoms with Crippen LogP contribution in [0.5, 0.6) is 0 Å². The number of amides is 4. The van der Waals surface area contributed by atoms with Gasteiger partial charge in [0, 0.05) is 67.1 Å². The molecule has 4 aromatic rings. The Hall–Kier alpha value is -5.74. The summed E-state index contributed by atoms with van der Waals surface area (Å²) in [6.45, 7) is 11.5. The molecule has 1 atom stereocenters. The van der Waals surface area contributed by atoms with Gasteiger partial charge in [0.2, 0.25) is 11.8 Å². The molecule has 0 bridgehead atoms. The number of tetrazole rings is 1. The van der Waals surface area contributed by atoms with E-state index >= 15 is 0 Å². The molecule has 2 aromatic carbocycles.